The molecule has 1 amide bonds. The molecule has 3 nitrogen and oxygen atoms in total. The van der Waals surface area contributed by atoms with Gasteiger partial charge in [-0.2, -0.15) is 4.39 Å². The Hall–Kier alpha value is -2.30. The number of nitrogens with one attached hydrogen (secondary N) is 1. The summed E-state index contributed by atoms with van der Waals surface area (Å²) in [5.41, 5.74) is 0.135. The van der Waals surface area contributed by atoms with Crippen LogP contribution < -0.4 is 5.32 Å². The maximum Gasteiger partial charge on any atom is 0.255 e. The highest BCUT2D eigenvalue weighted by Gasteiger charge is 2.09. The van der Waals surface area contributed by atoms with E-state index in [0.717, 1.165) is 6.07 Å². The molecular weight excluding hydrogens is 226 g/mol. The fourth-order valence-corrected chi connectivity index (χ4v) is 1.30. The maximum absolute atomic E-state index is 13.2. The molecule has 0 saturated heterocycles. The van der Waals surface area contributed by atoms with Crippen LogP contribution in [0.4, 0.5) is 14.5 Å². The molecule has 0 aliphatic heterocycles. The standard InChI is InChI=1S/C12H8F2N2O/c13-9-3-1-2-4-10(9)16-12(17)8-5-6-15-11(14)7-8/h1-7H,(H,16,17). The number of carbonyl (C=O) groups is 1. The lowest BCUT2D eigenvalue weighted by atomic mass is 10.2. The Morgan fingerprint density at radius 2 is 1.94 bits per heavy atom. The van der Waals surface area contributed by atoms with Crippen LogP contribution in [0.3, 0.4) is 0 Å². The number of rotatable bonds is 2. The molecule has 0 aliphatic rings. The minimum atomic E-state index is -0.758. The molecule has 5 heteroatoms. The Kier molecular flexibility index (Phi) is 3.09. The van der Waals surface area contributed by atoms with E-state index in [1.54, 1.807) is 6.07 Å². The summed E-state index contributed by atoms with van der Waals surface area (Å²) < 4.78 is 26.0. The summed E-state index contributed by atoms with van der Waals surface area (Å²) >= 11 is 0. The molecule has 86 valence electrons. The Bertz CT molecular complexity index is 558. The molecular formula is C12H8F2N2O. The fourth-order valence-electron chi connectivity index (χ4n) is 1.30. The predicted molar refractivity (Wildman–Crippen MR) is 58.5 cm³/mol. The van der Waals surface area contributed by atoms with Crippen molar-refractivity contribution < 1.29 is 13.6 Å². The second-order valence-electron chi connectivity index (χ2n) is 3.30. The van der Waals surface area contributed by atoms with E-state index in [2.05, 4.69) is 10.3 Å². The SMILES string of the molecule is O=C(Nc1ccccc1F)c1ccnc(F)c1. The molecule has 0 aliphatic carbocycles. The summed E-state index contributed by atoms with van der Waals surface area (Å²) in [5, 5.41) is 2.35. The van der Waals surface area contributed by atoms with Crippen LogP contribution in [0.25, 0.3) is 0 Å². The monoisotopic (exact) mass is 234 g/mol. The van der Waals surface area contributed by atoms with Crippen molar-refractivity contribution in [3.05, 3.63) is 59.9 Å². The first-order valence-electron chi connectivity index (χ1n) is 4.84. The Morgan fingerprint density at radius 3 is 2.65 bits per heavy atom. The van der Waals surface area contributed by atoms with Gasteiger partial charge in [0.2, 0.25) is 5.95 Å². The number of anilines is 1. The topological polar surface area (TPSA) is 42.0 Å². The predicted octanol–water partition coefficient (Wildman–Crippen LogP) is 2.61. The number of amides is 1. The lowest BCUT2D eigenvalue weighted by molar-refractivity contribution is 0.102. The van der Waals surface area contributed by atoms with Gasteiger partial charge in [0, 0.05) is 17.8 Å². The quantitative estimate of drug-likeness (QED) is 0.811. The van der Waals surface area contributed by atoms with Crippen LogP contribution in [-0.4, -0.2) is 10.9 Å². The molecule has 0 bridgehead atoms. The number of hydrogen-bond acceptors (Lipinski definition) is 2. The summed E-state index contributed by atoms with van der Waals surface area (Å²) in [6.07, 6.45) is 1.17. The molecule has 0 saturated carbocycles. The third-order valence-electron chi connectivity index (χ3n) is 2.11. The average molecular weight is 234 g/mol. The van der Waals surface area contributed by atoms with Crippen LogP contribution in [-0.2, 0) is 0 Å². The second kappa shape index (κ2) is 4.69. The minimum absolute atomic E-state index is 0.0507. The number of carbonyl (C=O) groups excluding carboxylic acids is 1. The van der Waals surface area contributed by atoms with Crippen LogP contribution in [0.1, 0.15) is 10.4 Å². The number of nitrogens with zero attached hydrogens (tertiary/aromatic N) is 1. The van der Waals surface area contributed by atoms with Crippen molar-refractivity contribution in [1.29, 1.82) is 0 Å². The zero-order valence-corrected chi connectivity index (χ0v) is 8.65. The molecule has 2 aromatic rings. The van der Waals surface area contributed by atoms with Gasteiger partial charge in [-0.15, -0.1) is 0 Å². The number of benzene rings is 1. The molecule has 2 rings (SSSR count). The van der Waals surface area contributed by atoms with E-state index in [0.29, 0.717) is 0 Å². The van der Waals surface area contributed by atoms with Crippen LogP contribution in [0.2, 0.25) is 0 Å². The number of pyridine rings is 1. The van der Waals surface area contributed by atoms with Crippen molar-refractivity contribution in [2.24, 2.45) is 0 Å². The smallest absolute Gasteiger partial charge is 0.255 e. The van der Waals surface area contributed by atoms with E-state index in [1.165, 1.54) is 30.5 Å². The van der Waals surface area contributed by atoms with Crippen molar-refractivity contribution in [2.75, 3.05) is 5.32 Å². The van der Waals surface area contributed by atoms with Gasteiger partial charge in [-0.05, 0) is 18.2 Å². The third-order valence-corrected chi connectivity index (χ3v) is 2.11. The van der Waals surface area contributed by atoms with E-state index in [9.17, 15) is 13.6 Å². The van der Waals surface area contributed by atoms with Gasteiger partial charge < -0.3 is 5.32 Å². The average Bonchev–Trinajstić information content (AvgIpc) is 2.32. The number of aromatic nitrogens is 1. The fraction of sp³-hybridized carbons (Fsp3) is 0. The summed E-state index contributed by atoms with van der Waals surface area (Å²) in [7, 11) is 0. The van der Waals surface area contributed by atoms with E-state index < -0.39 is 17.7 Å². The van der Waals surface area contributed by atoms with Crippen molar-refractivity contribution in [2.45, 2.75) is 0 Å². The van der Waals surface area contributed by atoms with Crippen molar-refractivity contribution in [3.63, 3.8) is 0 Å². The second-order valence-corrected chi connectivity index (χ2v) is 3.30. The van der Waals surface area contributed by atoms with Gasteiger partial charge in [0.05, 0.1) is 5.69 Å². The lowest BCUT2D eigenvalue weighted by Crippen LogP contribution is -2.13. The van der Waals surface area contributed by atoms with Crippen LogP contribution >= 0.6 is 0 Å². The van der Waals surface area contributed by atoms with Gasteiger partial charge in [-0.1, -0.05) is 12.1 Å². The first-order chi connectivity index (χ1) is 8.16. The molecule has 1 aromatic carbocycles. The third kappa shape index (κ3) is 2.63. The van der Waals surface area contributed by atoms with Gasteiger partial charge in [0.1, 0.15) is 5.82 Å². The molecule has 1 aromatic heterocycles. The number of hydrogen-bond donors (Lipinski definition) is 1. The summed E-state index contributed by atoms with van der Waals surface area (Å²) in [4.78, 5) is 15.0. The summed E-state index contributed by atoms with van der Waals surface area (Å²) in [6, 6.07) is 8.08. The van der Waals surface area contributed by atoms with E-state index in [4.69, 9.17) is 0 Å². The first kappa shape index (κ1) is 11.2. The van der Waals surface area contributed by atoms with Crippen molar-refractivity contribution in [3.8, 4) is 0 Å². The van der Waals surface area contributed by atoms with Crippen LogP contribution in [0.15, 0.2) is 42.6 Å². The normalized spacial score (nSPS) is 10.0. The van der Waals surface area contributed by atoms with Gasteiger partial charge in [0.15, 0.2) is 0 Å². The zero-order valence-electron chi connectivity index (χ0n) is 8.65. The van der Waals surface area contributed by atoms with Gasteiger partial charge in [0.25, 0.3) is 5.91 Å². The van der Waals surface area contributed by atoms with E-state index in [-0.39, 0.29) is 11.3 Å². The van der Waals surface area contributed by atoms with Gasteiger partial charge in [-0.3, -0.25) is 4.79 Å². The maximum atomic E-state index is 13.2. The van der Waals surface area contributed by atoms with E-state index >= 15 is 0 Å². The zero-order chi connectivity index (χ0) is 12.3. The molecule has 0 atom stereocenters. The van der Waals surface area contributed by atoms with Crippen LogP contribution in [0, 0.1) is 11.8 Å². The Balaban J connectivity index is 2.20. The number of halogens is 2. The highest BCUT2D eigenvalue weighted by Crippen LogP contribution is 2.13. The largest absolute Gasteiger partial charge is 0.319 e. The highest BCUT2D eigenvalue weighted by atomic mass is 19.1. The van der Waals surface area contributed by atoms with E-state index in [1.807, 2.05) is 0 Å². The molecule has 1 N–H and O–H groups in total. The van der Waals surface area contributed by atoms with Crippen molar-refractivity contribution in [1.82, 2.24) is 4.98 Å². The molecule has 0 radical (unpaired) electrons. The lowest BCUT2D eigenvalue weighted by Gasteiger charge is -2.05. The van der Waals surface area contributed by atoms with Gasteiger partial charge >= 0.3 is 0 Å². The summed E-state index contributed by atoms with van der Waals surface area (Å²) in [5.74, 6) is -1.89. The van der Waals surface area contributed by atoms with Gasteiger partial charge in [-0.25, -0.2) is 9.37 Å². The highest BCUT2D eigenvalue weighted by molar-refractivity contribution is 6.04. The Labute approximate surface area is 96.1 Å². The van der Waals surface area contributed by atoms with Crippen LogP contribution in [0.5, 0.6) is 0 Å². The molecule has 0 spiro atoms. The summed E-state index contributed by atoms with van der Waals surface area (Å²) in [6.45, 7) is 0. The van der Waals surface area contributed by atoms with Crippen molar-refractivity contribution >= 4 is 11.6 Å². The molecule has 17 heavy (non-hydrogen) atoms. The number of para-hydroxylation sites is 1. The molecule has 0 unspecified atom stereocenters. The molecule has 0 fully saturated rings. The molecule has 1 heterocycles. The first-order valence-corrected chi connectivity index (χ1v) is 4.84. The minimum Gasteiger partial charge on any atom is -0.319 e. The Morgan fingerprint density at radius 1 is 1.18 bits per heavy atom.